The normalized spacial score (nSPS) is 29.4. The molecule has 2 aliphatic rings. The number of aliphatic imine (C=N–C) groups is 1. The number of nitrogens with zero attached hydrogens (tertiary/aromatic N) is 2. The number of hydrogen-bond donors (Lipinski definition) is 1. The molecular formula is C19H29N3O3. The average Bonchev–Trinajstić information content (AvgIpc) is 3.31. The van der Waals surface area contributed by atoms with E-state index in [4.69, 9.17) is 14.2 Å². The van der Waals surface area contributed by atoms with E-state index in [1.165, 1.54) is 5.56 Å². The molecule has 1 N–H and O–H groups in total. The van der Waals surface area contributed by atoms with Gasteiger partial charge in [0.1, 0.15) is 5.75 Å². The number of nitrogens with one attached hydrogen (secondary N) is 1. The molecule has 0 bridgehead atoms. The molecule has 0 amide bonds. The number of rotatable bonds is 5. The van der Waals surface area contributed by atoms with Crippen molar-refractivity contribution in [2.75, 3.05) is 47.6 Å². The summed E-state index contributed by atoms with van der Waals surface area (Å²) in [5.74, 6) is 1.89. The van der Waals surface area contributed by atoms with Gasteiger partial charge in [-0.05, 0) is 12.5 Å². The smallest absolute Gasteiger partial charge is 0.194 e. The summed E-state index contributed by atoms with van der Waals surface area (Å²) in [5.41, 5.74) is 1.32. The van der Waals surface area contributed by atoms with Crippen molar-refractivity contribution in [3.63, 3.8) is 0 Å². The lowest BCUT2D eigenvalue weighted by Gasteiger charge is -2.35. The van der Waals surface area contributed by atoms with E-state index in [0.29, 0.717) is 19.3 Å². The summed E-state index contributed by atoms with van der Waals surface area (Å²) < 4.78 is 16.5. The van der Waals surface area contributed by atoms with Crippen molar-refractivity contribution in [3.8, 4) is 5.75 Å². The third-order valence-corrected chi connectivity index (χ3v) is 5.27. The Kier molecular flexibility index (Phi) is 5.49. The predicted octanol–water partition coefficient (Wildman–Crippen LogP) is 1.65. The molecule has 1 aliphatic carbocycles. The Morgan fingerprint density at radius 3 is 2.92 bits per heavy atom. The molecule has 3 unspecified atom stereocenters. The minimum atomic E-state index is 0.0702. The molecule has 0 radical (unpaired) electrons. The molecular weight excluding hydrogens is 318 g/mol. The topological polar surface area (TPSA) is 55.3 Å². The number of ether oxygens (including phenoxy) is 3. The zero-order valence-corrected chi connectivity index (χ0v) is 15.6. The van der Waals surface area contributed by atoms with Crippen LogP contribution in [0, 0.1) is 0 Å². The second-order valence-electron chi connectivity index (χ2n) is 6.96. The lowest BCUT2D eigenvalue weighted by Crippen LogP contribution is -2.52. The van der Waals surface area contributed by atoms with Gasteiger partial charge >= 0.3 is 0 Å². The number of benzene rings is 1. The maximum atomic E-state index is 5.74. The fourth-order valence-electron chi connectivity index (χ4n) is 3.64. The molecule has 138 valence electrons. The van der Waals surface area contributed by atoms with Crippen LogP contribution < -0.4 is 10.1 Å². The van der Waals surface area contributed by atoms with Gasteiger partial charge in [-0.15, -0.1) is 0 Å². The predicted molar refractivity (Wildman–Crippen MR) is 98.4 cm³/mol. The van der Waals surface area contributed by atoms with Gasteiger partial charge in [0.25, 0.3) is 0 Å². The van der Waals surface area contributed by atoms with Gasteiger partial charge in [0.2, 0.25) is 0 Å². The molecule has 1 heterocycles. The Bertz CT molecular complexity index is 620. The monoisotopic (exact) mass is 347 g/mol. The summed E-state index contributed by atoms with van der Waals surface area (Å²) in [6.45, 7) is 5.23. The Hall–Kier alpha value is -1.79. The van der Waals surface area contributed by atoms with Crippen molar-refractivity contribution in [2.24, 2.45) is 4.99 Å². The van der Waals surface area contributed by atoms with Crippen LogP contribution in [0.25, 0.3) is 0 Å². The van der Waals surface area contributed by atoms with E-state index in [1.54, 1.807) is 14.2 Å². The zero-order chi connectivity index (χ0) is 17.9. The van der Waals surface area contributed by atoms with E-state index >= 15 is 0 Å². The summed E-state index contributed by atoms with van der Waals surface area (Å²) in [5, 5.41) is 3.64. The standard InChI is InChI=1S/C19H29N3O3/c1-19(15-7-5-6-8-16(15)24-4)11-17(19)21-18(20-2)22-9-10-25-14(12-22)13-23-3/h5-8,14,17H,9-13H2,1-4H3,(H,20,21). The van der Waals surface area contributed by atoms with Crippen LogP contribution in [0.15, 0.2) is 29.3 Å². The van der Waals surface area contributed by atoms with Crippen LogP contribution >= 0.6 is 0 Å². The number of methoxy groups -OCH3 is 2. The quantitative estimate of drug-likeness (QED) is 0.648. The first-order chi connectivity index (χ1) is 12.1. The fourth-order valence-corrected chi connectivity index (χ4v) is 3.64. The summed E-state index contributed by atoms with van der Waals surface area (Å²) in [4.78, 5) is 6.75. The van der Waals surface area contributed by atoms with Gasteiger partial charge in [0, 0.05) is 44.3 Å². The number of morpholine rings is 1. The van der Waals surface area contributed by atoms with E-state index in [2.05, 4.69) is 34.3 Å². The molecule has 25 heavy (non-hydrogen) atoms. The molecule has 3 rings (SSSR count). The second-order valence-corrected chi connectivity index (χ2v) is 6.96. The van der Waals surface area contributed by atoms with Crippen LogP contribution in [-0.4, -0.2) is 70.6 Å². The van der Waals surface area contributed by atoms with Gasteiger partial charge in [-0.1, -0.05) is 25.1 Å². The van der Waals surface area contributed by atoms with Crippen molar-refractivity contribution in [1.29, 1.82) is 0 Å². The van der Waals surface area contributed by atoms with Crippen molar-refractivity contribution < 1.29 is 14.2 Å². The molecule has 1 aromatic rings. The molecule has 0 aromatic heterocycles. The van der Waals surface area contributed by atoms with Gasteiger partial charge in [-0.2, -0.15) is 0 Å². The largest absolute Gasteiger partial charge is 0.496 e. The minimum Gasteiger partial charge on any atom is -0.496 e. The zero-order valence-electron chi connectivity index (χ0n) is 15.6. The van der Waals surface area contributed by atoms with E-state index in [-0.39, 0.29) is 11.5 Å². The first-order valence-electron chi connectivity index (χ1n) is 8.84. The Labute approximate surface area is 150 Å². The highest BCUT2D eigenvalue weighted by molar-refractivity contribution is 5.81. The number of hydrogen-bond acceptors (Lipinski definition) is 4. The third kappa shape index (κ3) is 3.75. The van der Waals surface area contributed by atoms with Crippen LogP contribution in [0.4, 0.5) is 0 Å². The Balaban J connectivity index is 1.66. The van der Waals surface area contributed by atoms with Crippen molar-refractivity contribution >= 4 is 5.96 Å². The van der Waals surface area contributed by atoms with Gasteiger partial charge < -0.3 is 24.4 Å². The van der Waals surface area contributed by atoms with Crippen molar-refractivity contribution in [1.82, 2.24) is 10.2 Å². The van der Waals surface area contributed by atoms with E-state index in [9.17, 15) is 0 Å². The minimum absolute atomic E-state index is 0.0702. The highest BCUT2D eigenvalue weighted by Crippen LogP contribution is 2.51. The SMILES string of the molecule is CN=C(NC1CC1(C)c1ccccc1OC)N1CCOC(COC)C1. The van der Waals surface area contributed by atoms with Crippen LogP contribution in [0.2, 0.25) is 0 Å². The molecule has 1 aliphatic heterocycles. The van der Waals surface area contributed by atoms with Crippen LogP contribution in [0.5, 0.6) is 5.75 Å². The molecule has 0 spiro atoms. The van der Waals surface area contributed by atoms with E-state index < -0.39 is 0 Å². The molecule has 1 saturated carbocycles. The van der Waals surface area contributed by atoms with E-state index in [1.807, 2.05) is 19.2 Å². The van der Waals surface area contributed by atoms with Gasteiger partial charge in [-0.3, -0.25) is 4.99 Å². The van der Waals surface area contributed by atoms with E-state index in [0.717, 1.165) is 31.2 Å². The number of guanidine groups is 1. The summed E-state index contributed by atoms with van der Waals surface area (Å²) in [6.07, 6.45) is 1.16. The maximum Gasteiger partial charge on any atom is 0.194 e. The molecule has 6 nitrogen and oxygen atoms in total. The van der Waals surface area contributed by atoms with Gasteiger partial charge in [0.05, 0.1) is 26.4 Å². The summed E-state index contributed by atoms with van der Waals surface area (Å²) in [6, 6.07) is 8.63. The van der Waals surface area contributed by atoms with Crippen molar-refractivity contribution in [3.05, 3.63) is 29.8 Å². The number of para-hydroxylation sites is 1. The average molecular weight is 347 g/mol. The molecule has 1 aromatic carbocycles. The maximum absolute atomic E-state index is 5.74. The Morgan fingerprint density at radius 2 is 2.20 bits per heavy atom. The van der Waals surface area contributed by atoms with Gasteiger partial charge in [0.15, 0.2) is 5.96 Å². The lowest BCUT2D eigenvalue weighted by atomic mass is 9.96. The molecule has 6 heteroatoms. The lowest BCUT2D eigenvalue weighted by molar-refractivity contribution is -0.0447. The highest BCUT2D eigenvalue weighted by atomic mass is 16.5. The fraction of sp³-hybridized carbons (Fsp3) is 0.632. The highest BCUT2D eigenvalue weighted by Gasteiger charge is 2.53. The van der Waals surface area contributed by atoms with Crippen LogP contribution in [0.1, 0.15) is 18.9 Å². The molecule has 3 atom stereocenters. The van der Waals surface area contributed by atoms with Crippen LogP contribution in [-0.2, 0) is 14.9 Å². The summed E-state index contributed by atoms with van der Waals surface area (Å²) in [7, 11) is 5.28. The summed E-state index contributed by atoms with van der Waals surface area (Å²) >= 11 is 0. The third-order valence-electron chi connectivity index (χ3n) is 5.27. The molecule has 2 fully saturated rings. The molecule has 1 saturated heterocycles. The Morgan fingerprint density at radius 1 is 1.40 bits per heavy atom. The second kappa shape index (κ2) is 7.62. The first kappa shape index (κ1) is 18.0. The first-order valence-corrected chi connectivity index (χ1v) is 8.84. The van der Waals surface area contributed by atoms with Crippen molar-refractivity contribution in [2.45, 2.75) is 30.9 Å². The van der Waals surface area contributed by atoms with Crippen LogP contribution in [0.3, 0.4) is 0 Å². The van der Waals surface area contributed by atoms with Gasteiger partial charge in [-0.25, -0.2) is 0 Å².